The van der Waals surface area contributed by atoms with Gasteiger partial charge in [-0.3, -0.25) is 4.98 Å². The number of nitrogens with zero attached hydrogens (tertiary/aromatic N) is 1. The maximum absolute atomic E-state index is 10.8. The second-order valence-electron chi connectivity index (χ2n) is 4.93. The van der Waals surface area contributed by atoms with Crippen molar-refractivity contribution in [2.75, 3.05) is 7.11 Å². The second kappa shape index (κ2) is 6.04. The van der Waals surface area contributed by atoms with Gasteiger partial charge in [-0.05, 0) is 11.6 Å². The first-order valence-corrected chi connectivity index (χ1v) is 6.90. The molecule has 0 bridgehead atoms. The van der Waals surface area contributed by atoms with Crippen LogP contribution in [0.25, 0.3) is 10.9 Å². The van der Waals surface area contributed by atoms with Gasteiger partial charge < -0.3 is 9.84 Å². The number of para-hydroxylation sites is 1. The lowest BCUT2D eigenvalue weighted by Gasteiger charge is -2.23. The smallest absolute Gasteiger partial charge is 0.112 e. The minimum Gasteiger partial charge on any atom is -0.385 e. The molecule has 106 valence electrons. The molecule has 0 fully saturated rings. The molecular formula is C18H17NO2. The van der Waals surface area contributed by atoms with E-state index in [0.29, 0.717) is 0 Å². The first kappa shape index (κ1) is 13.7. The molecule has 3 nitrogen and oxygen atoms in total. The van der Waals surface area contributed by atoms with Gasteiger partial charge in [0.2, 0.25) is 0 Å². The Labute approximate surface area is 123 Å². The maximum atomic E-state index is 10.8. The molecule has 1 heterocycles. The molecule has 0 saturated heterocycles. The van der Waals surface area contributed by atoms with Crippen LogP contribution in [0, 0.1) is 0 Å². The van der Waals surface area contributed by atoms with E-state index in [0.717, 1.165) is 22.0 Å². The average molecular weight is 279 g/mol. The van der Waals surface area contributed by atoms with Gasteiger partial charge in [-0.2, -0.15) is 0 Å². The number of ether oxygens (including phenoxy) is 1. The number of pyridine rings is 1. The molecule has 21 heavy (non-hydrogen) atoms. The van der Waals surface area contributed by atoms with E-state index >= 15 is 0 Å². The number of aromatic nitrogens is 1. The van der Waals surface area contributed by atoms with Crippen molar-refractivity contribution in [2.24, 2.45) is 0 Å². The molecule has 0 spiro atoms. The lowest BCUT2D eigenvalue weighted by molar-refractivity contribution is -0.0142. The molecule has 2 unspecified atom stereocenters. The Morgan fingerprint density at radius 3 is 2.48 bits per heavy atom. The van der Waals surface area contributed by atoms with E-state index in [4.69, 9.17) is 4.74 Å². The van der Waals surface area contributed by atoms with Gasteiger partial charge in [0.15, 0.2) is 0 Å². The van der Waals surface area contributed by atoms with Crippen molar-refractivity contribution in [3.05, 3.63) is 78.0 Å². The molecule has 0 radical (unpaired) electrons. The summed E-state index contributed by atoms with van der Waals surface area (Å²) in [6.07, 6.45) is 0.554. The van der Waals surface area contributed by atoms with Crippen LogP contribution in [-0.4, -0.2) is 17.2 Å². The summed E-state index contributed by atoms with van der Waals surface area (Å²) in [7, 11) is 1.61. The summed E-state index contributed by atoms with van der Waals surface area (Å²) in [5.74, 6) is 0. The number of hydrogen-bond donors (Lipinski definition) is 1. The standard InChI is InChI=1S/C18H17NO2/c1-21-18(14-7-3-2-4-8-14)17(20)15-11-5-9-13-10-6-12-19-16(13)15/h2-12,17-18,20H,1H3. The second-order valence-corrected chi connectivity index (χ2v) is 4.93. The van der Waals surface area contributed by atoms with E-state index in [2.05, 4.69) is 4.98 Å². The van der Waals surface area contributed by atoms with Gasteiger partial charge in [0.1, 0.15) is 12.2 Å². The summed E-state index contributed by atoms with van der Waals surface area (Å²) >= 11 is 0. The van der Waals surface area contributed by atoms with Crippen molar-refractivity contribution in [3.63, 3.8) is 0 Å². The molecule has 0 aliphatic carbocycles. The first-order valence-electron chi connectivity index (χ1n) is 6.90. The van der Waals surface area contributed by atoms with Crippen LogP contribution in [0.15, 0.2) is 66.9 Å². The fourth-order valence-electron chi connectivity index (χ4n) is 2.62. The highest BCUT2D eigenvalue weighted by molar-refractivity contribution is 5.81. The average Bonchev–Trinajstić information content (AvgIpc) is 2.56. The number of rotatable bonds is 4. The first-order chi connectivity index (χ1) is 10.3. The number of fused-ring (bicyclic) bond motifs is 1. The molecule has 3 rings (SSSR count). The van der Waals surface area contributed by atoms with E-state index in [9.17, 15) is 5.11 Å². The van der Waals surface area contributed by atoms with Crippen LogP contribution in [0.5, 0.6) is 0 Å². The lowest BCUT2D eigenvalue weighted by Crippen LogP contribution is -2.13. The highest BCUT2D eigenvalue weighted by Gasteiger charge is 2.24. The van der Waals surface area contributed by atoms with Gasteiger partial charge in [-0.1, -0.05) is 54.6 Å². The Morgan fingerprint density at radius 2 is 1.71 bits per heavy atom. The molecule has 2 aromatic carbocycles. The van der Waals surface area contributed by atoms with Gasteiger partial charge in [-0.25, -0.2) is 0 Å². The van der Waals surface area contributed by atoms with Crippen LogP contribution in [0.2, 0.25) is 0 Å². The summed E-state index contributed by atoms with van der Waals surface area (Å²) in [6.45, 7) is 0. The summed E-state index contributed by atoms with van der Waals surface area (Å²) in [6, 6.07) is 19.4. The van der Waals surface area contributed by atoms with Gasteiger partial charge in [0.25, 0.3) is 0 Å². The zero-order valence-electron chi connectivity index (χ0n) is 11.8. The van der Waals surface area contributed by atoms with E-state index in [1.165, 1.54) is 0 Å². The molecular weight excluding hydrogens is 262 g/mol. The molecule has 0 aliphatic heterocycles. The molecule has 0 amide bonds. The third kappa shape index (κ3) is 2.66. The monoisotopic (exact) mass is 279 g/mol. The fraction of sp³-hybridized carbons (Fsp3) is 0.167. The Morgan fingerprint density at radius 1 is 0.952 bits per heavy atom. The maximum Gasteiger partial charge on any atom is 0.112 e. The van der Waals surface area contributed by atoms with Crippen molar-refractivity contribution < 1.29 is 9.84 Å². The molecule has 1 N–H and O–H groups in total. The summed E-state index contributed by atoms with van der Waals surface area (Å²) < 4.78 is 5.52. The highest BCUT2D eigenvalue weighted by Crippen LogP contribution is 2.34. The summed E-state index contributed by atoms with van der Waals surface area (Å²) in [5, 5.41) is 11.8. The van der Waals surface area contributed by atoms with Crippen molar-refractivity contribution >= 4 is 10.9 Å². The quantitative estimate of drug-likeness (QED) is 0.792. The Kier molecular flexibility index (Phi) is 3.95. The lowest BCUT2D eigenvalue weighted by atomic mass is 9.96. The molecule has 0 saturated carbocycles. The van der Waals surface area contributed by atoms with E-state index in [1.54, 1.807) is 13.3 Å². The van der Waals surface area contributed by atoms with Crippen LogP contribution in [0.1, 0.15) is 23.3 Å². The van der Waals surface area contributed by atoms with Crippen molar-refractivity contribution in [2.45, 2.75) is 12.2 Å². The minimum atomic E-state index is -0.768. The fourth-order valence-corrected chi connectivity index (χ4v) is 2.62. The third-order valence-corrected chi connectivity index (χ3v) is 3.65. The number of aliphatic hydroxyl groups excluding tert-OH is 1. The van der Waals surface area contributed by atoms with Crippen LogP contribution in [0.4, 0.5) is 0 Å². The summed E-state index contributed by atoms with van der Waals surface area (Å²) in [4.78, 5) is 4.40. The van der Waals surface area contributed by atoms with Gasteiger partial charge in [0, 0.05) is 24.3 Å². The number of methoxy groups -OCH3 is 1. The molecule has 3 aromatic rings. The Hall–Kier alpha value is -2.23. The molecule has 1 aromatic heterocycles. The van der Waals surface area contributed by atoms with Gasteiger partial charge in [0.05, 0.1) is 5.52 Å². The predicted octanol–water partition coefficient (Wildman–Crippen LogP) is 3.66. The van der Waals surface area contributed by atoms with E-state index < -0.39 is 12.2 Å². The summed E-state index contributed by atoms with van der Waals surface area (Å²) in [5.41, 5.74) is 2.54. The van der Waals surface area contributed by atoms with Gasteiger partial charge >= 0.3 is 0 Å². The third-order valence-electron chi connectivity index (χ3n) is 3.65. The molecule has 3 heteroatoms. The van der Waals surface area contributed by atoms with Crippen molar-refractivity contribution in [3.8, 4) is 0 Å². The Bertz CT molecular complexity index is 722. The van der Waals surface area contributed by atoms with Crippen LogP contribution < -0.4 is 0 Å². The Balaban J connectivity index is 2.05. The number of hydrogen-bond acceptors (Lipinski definition) is 3. The normalized spacial score (nSPS) is 14.0. The SMILES string of the molecule is COC(c1ccccc1)C(O)c1cccc2cccnc12. The number of aliphatic hydroxyl groups is 1. The van der Waals surface area contributed by atoms with Gasteiger partial charge in [-0.15, -0.1) is 0 Å². The van der Waals surface area contributed by atoms with Crippen molar-refractivity contribution in [1.29, 1.82) is 0 Å². The zero-order chi connectivity index (χ0) is 14.7. The van der Waals surface area contributed by atoms with E-state index in [1.807, 2.05) is 60.7 Å². The molecule has 0 aliphatic rings. The largest absolute Gasteiger partial charge is 0.385 e. The van der Waals surface area contributed by atoms with E-state index in [-0.39, 0.29) is 0 Å². The highest BCUT2D eigenvalue weighted by atomic mass is 16.5. The van der Waals surface area contributed by atoms with Crippen LogP contribution in [0.3, 0.4) is 0 Å². The van der Waals surface area contributed by atoms with Crippen LogP contribution >= 0.6 is 0 Å². The van der Waals surface area contributed by atoms with Crippen molar-refractivity contribution in [1.82, 2.24) is 4.98 Å². The minimum absolute atomic E-state index is 0.418. The number of benzene rings is 2. The molecule has 2 atom stereocenters. The topological polar surface area (TPSA) is 42.4 Å². The predicted molar refractivity (Wildman–Crippen MR) is 82.9 cm³/mol. The van der Waals surface area contributed by atoms with Crippen LogP contribution in [-0.2, 0) is 4.74 Å². The zero-order valence-corrected chi connectivity index (χ0v) is 11.8.